The number of methoxy groups -OCH3 is 1. The number of carbonyl (C=O) groups is 1. The Balaban J connectivity index is 1.77. The van der Waals surface area contributed by atoms with E-state index >= 15 is 0 Å². The standard InChI is InChI=1S/C21H23F3N2O3/c1-3-20(28,16-6-8-17(9-7-16)21(22,23)24)19(27)26-12-15-10-14(13-4-5-13)11-25-18(15)29-2/h6-11,13,28H,3-5,12H2,1-2H3,(H,26,27). The zero-order valence-corrected chi connectivity index (χ0v) is 16.2. The van der Waals surface area contributed by atoms with Gasteiger partial charge >= 0.3 is 6.18 Å². The number of nitrogens with one attached hydrogen (secondary N) is 1. The number of hydrogen-bond donors (Lipinski definition) is 2. The number of ether oxygens (including phenoxy) is 1. The number of benzene rings is 1. The second-order valence-electron chi connectivity index (χ2n) is 7.18. The molecule has 5 nitrogen and oxygen atoms in total. The largest absolute Gasteiger partial charge is 0.481 e. The van der Waals surface area contributed by atoms with Crippen LogP contribution in [0.1, 0.15) is 54.4 Å². The quantitative estimate of drug-likeness (QED) is 0.729. The molecule has 0 radical (unpaired) electrons. The van der Waals surface area contributed by atoms with E-state index in [4.69, 9.17) is 4.74 Å². The lowest BCUT2D eigenvalue weighted by Crippen LogP contribution is -2.43. The number of alkyl halides is 3. The molecule has 1 aliphatic carbocycles. The molecule has 0 spiro atoms. The third-order valence-electron chi connectivity index (χ3n) is 5.21. The number of hydrogen-bond acceptors (Lipinski definition) is 4. The summed E-state index contributed by atoms with van der Waals surface area (Å²) in [4.78, 5) is 17.0. The summed E-state index contributed by atoms with van der Waals surface area (Å²) in [6.45, 7) is 1.67. The van der Waals surface area contributed by atoms with Crippen LogP contribution < -0.4 is 10.1 Å². The van der Waals surface area contributed by atoms with Gasteiger partial charge in [-0.15, -0.1) is 0 Å². The highest BCUT2D eigenvalue weighted by atomic mass is 19.4. The van der Waals surface area contributed by atoms with Crippen LogP contribution in [0.4, 0.5) is 13.2 Å². The smallest absolute Gasteiger partial charge is 0.416 e. The van der Waals surface area contributed by atoms with Crippen LogP contribution in [0, 0.1) is 0 Å². The van der Waals surface area contributed by atoms with Gasteiger partial charge in [-0.2, -0.15) is 13.2 Å². The number of carbonyl (C=O) groups excluding carboxylic acids is 1. The van der Waals surface area contributed by atoms with Crippen LogP contribution in [-0.4, -0.2) is 23.1 Å². The second kappa shape index (κ2) is 8.02. The van der Waals surface area contributed by atoms with Crippen LogP contribution in [0.2, 0.25) is 0 Å². The van der Waals surface area contributed by atoms with Crippen LogP contribution >= 0.6 is 0 Å². The van der Waals surface area contributed by atoms with E-state index < -0.39 is 23.2 Å². The summed E-state index contributed by atoms with van der Waals surface area (Å²) < 4.78 is 43.6. The molecule has 2 N–H and O–H groups in total. The zero-order valence-electron chi connectivity index (χ0n) is 16.2. The lowest BCUT2D eigenvalue weighted by Gasteiger charge is -2.26. The minimum atomic E-state index is -4.48. The van der Waals surface area contributed by atoms with Crippen molar-refractivity contribution in [3.8, 4) is 5.88 Å². The first-order valence-corrected chi connectivity index (χ1v) is 9.40. The molecule has 3 rings (SSSR count). The fourth-order valence-corrected chi connectivity index (χ4v) is 3.22. The van der Waals surface area contributed by atoms with Crippen LogP contribution in [-0.2, 0) is 23.1 Å². The lowest BCUT2D eigenvalue weighted by atomic mass is 9.89. The number of aliphatic hydroxyl groups is 1. The maximum atomic E-state index is 12.8. The molecule has 1 aliphatic rings. The Morgan fingerprint density at radius 2 is 1.86 bits per heavy atom. The number of amides is 1. The summed E-state index contributed by atoms with van der Waals surface area (Å²) in [5.74, 6) is 0.158. The first kappa shape index (κ1) is 21.1. The lowest BCUT2D eigenvalue weighted by molar-refractivity contribution is -0.141. The minimum absolute atomic E-state index is 0.00168. The SMILES string of the molecule is CCC(O)(C(=O)NCc1cc(C2CC2)cnc1OC)c1ccc(C(F)(F)F)cc1. The predicted octanol–water partition coefficient (Wildman–Crippen LogP) is 3.90. The predicted molar refractivity (Wildman–Crippen MR) is 100 cm³/mol. The molecule has 29 heavy (non-hydrogen) atoms. The van der Waals surface area contributed by atoms with Crippen molar-refractivity contribution in [2.24, 2.45) is 0 Å². The van der Waals surface area contributed by atoms with Crippen molar-refractivity contribution >= 4 is 5.91 Å². The van der Waals surface area contributed by atoms with Crippen LogP contribution in [0.5, 0.6) is 5.88 Å². The maximum Gasteiger partial charge on any atom is 0.416 e. The first-order chi connectivity index (χ1) is 13.7. The molecule has 2 aromatic rings. The average molecular weight is 408 g/mol. The Bertz CT molecular complexity index is 880. The molecule has 1 aromatic carbocycles. The number of aromatic nitrogens is 1. The Labute approximate surface area is 166 Å². The number of halogens is 3. The van der Waals surface area contributed by atoms with Gasteiger partial charge in [0.2, 0.25) is 5.88 Å². The Morgan fingerprint density at radius 3 is 2.38 bits per heavy atom. The van der Waals surface area contributed by atoms with Gasteiger partial charge < -0.3 is 15.2 Å². The first-order valence-electron chi connectivity index (χ1n) is 9.40. The van der Waals surface area contributed by atoms with Gasteiger partial charge in [0.1, 0.15) is 0 Å². The van der Waals surface area contributed by atoms with E-state index in [1.807, 2.05) is 6.07 Å². The monoisotopic (exact) mass is 408 g/mol. The van der Waals surface area contributed by atoms with Gasteiger partial charge in [-0.1, -0.05) is 19.1 Å². The van der Waals surface area contributed by atoms with E-state index in [1.165, 1.54) is 7.11 Å². The molecule has 1 fully saturated rings. The van der Waals surface area contributed by atoms with Gasteiger partial charge in [0, 0.05) is 18.3 Å². The van der Waals surface area contributed by atoms with Crippen molar-refractivity contribution < 1.29 is 27.8 Å². The van der Waals surface area contributed by atoms with Gasteiger partial charge in [-0.25, -0.2) is 4.98 Å². The van der Waals surface area contributed by atoms with Crippen LogP contribution in [0.15, 0.2) is 36.5 Å². The van der Waals surface area contributed by atoms with Gasteiger partial charge in [0.15, 0.2) is 5.60 Å². The van der Waals surface area contributed by atoms with E-state index in [0.29, 0.717) is 17.4 Å². The molecule has 1 amide bonds. The number of rotatable bonds is 7. The van der Waals surface area contributed by atoms with Crippen LogP contribution in [0.25, 0.3) is 0 Å². The normalized spacial score (nSPS) is 16.2. The minimum Gasteiger partial charge on any atom is -0.481 e. The Hall–Kier alpha value is -2.61. The maximum absolute atomic E-state index is 12.8. The molecular weight excluding hydrogens is 385 g/mol. The third-order valence-corrected chi connectivity index (χ3v) is 5.21. The van der Waals surface area contributed by atoms with Crippen molar-refractivity contribution in [2.45, 2.75) is 50.4 Å². The topological polar surface area (TPSA) is 71.5 Å². The summed E-state index contributed by atoms with van der Waals surface area (Å²) in [5.41, 5.74) is -0.936. The summed E-state index contributed by atoms with van der Waals surface area (Å²) in [5, 5.41) is 13.5. The summed E-state index contributed by atoms with van der Waals surface area (Å²) >= 11 is 0. The van der Waals surface area contributed by atoms with Crippen molar-refractivity contribution in [1.29, 1.82) is 0 Å². The molecule has 8 heteroatoms. The molecular formula is C21H23F3N2O3. The molecule has 0 bridgehead atoms. The van der Waals surface area contributed by atoms with Crippen molar-refractivity contribution in [1.82, 2.24) is 10.3 Å². The number of nitrogens with zero attached hydrogens (tertiary/aromatic N) is 1. The summed E-state index contributed by atoms with van der Waals surface area (Å²) in [6.07, 6.45) is -0.526. The van der Waals surface area contributed by atoms with Crippen molar-refractivity contribution in [3.63, 3.8) is 0 Å². The van der Waals surface area contributed by atoms with E-state index in [-0.39, 0.29) is 18.5 Å². The van der Waals surface area contributed by atoms with Gasteiger partial charge in [-0.05, 0) is 54.5 Å². The highest BCUT2D eigenvalue weighted by Gasteiger charge is 2.37. The van der Waals surface area contributed by atoms with Gasteiger partial charge in [0.25, 0.3) is 5.91 Å². The molecule has 1 heterocycles. The third kappa shape index (κ3) is 4.53. The van der Waals surface area contributed by atoms with Gasteiger partial charge in [-0.3, -0.25) is 4.79 Å². The van der Waals surface area contributed by atoms with E-state index in [1.54, 1.807) is 13.1 Å². The molecule has 1 unspecified atom stereocenters. The van der Waals surface area contributed by atoms with Crippen molar-refractivity contribution in [3.05, 3.63) is 58.8 Å². The molecule has 1 aromatic heterocycles. The van der Waals surface area contributed by atoms with Crippen LogP contribution in [0.3, 0.4) is 0 Å². The molecule has 0 saturated heterocycles. The van der Waals surface area contributed by atoms with Crippen molar-refractivity contribution in [2.75, 3.05) is 7.11 Å². The van der Waals surface area contributed by atoms with Gasteiger partial charge in [0.05, 0.1) is 12.7 Å². The fourth-order valence-electron chi connectivity index (χ4n) is 3.22. The fraction of sp³-hybridized carbons (Fsp3) is 0.429. The van der Waals surface area contributed by atoms with E-state index in [2.05, 4.69) is 10.3 Å². The summed E-state index contributed by atoms with van der Waals surface area (Å²) in [6, 6.07) is 5.89. The van der Waals surface area contributed by atoms with E-state index in [9.17, 15) is 23.1 Å². The second-order valence-corrected chi connectivity index (χ2v) is 7.18. The highest BCUT2D eigenvalue weighted by molar-refractivity contribution is 5.86. The van der Waals surface area contributed by atoms with E-state index in [0.717, 1.165) is 42.7 Å². The Kier molecular flexibility index (Phi) is 5.84. The summed E-state index contributed by atoms with van der Waals surface area (Å²) in [7, 11) is 1.48. The average Bonchev–Trinajstić information content (AvgIpc) is 3.56. The Morgan fingerprint density at radius 1 is 1.24 bits per heavy atom. The highest BCUT2D eigenvalue weighted by Crippen LogP contribution is 2.40. The zero-order chi connectivity index (χ0) is 21.2. The molecule has 0 aliphatic heterocycles. The molecule has 1 atom stereocenters. The molecule has 156 valence electrons. The number of pyridine rings is 1. The molecule has 1 saturated carbocycles.